The molecule has 0 aromatic carbocycles. The maximum Gasteiger partial charge on any atom is 0.321 e. The Morgan fingerprint density at radius 1 is 1.32 bits per heavy atom. The van der Waals surface area contributed by atoms with Crippen molar-refractivity contribution in [3.63, 3.8) is 0 Å². The zero-order chi connectivity index (χ0) is 17.8. The van der Waals surface area contributed by atoms with E-state index in [0.717, 1.165) is 24.2 Å². The summed E-state index contributed by atoms with van der Waals surface area (Å²) >= 11 is 0. The summed E-state index contributed by atoms with van der Waals surface area (Å²) < 4.78 is 0. The Labute approximate surface area is 148 Å². The third kappa shape index (κ3) is 3.96. The molecule has 25 heavy (non-hydrogen) atoms. The van der Waals surface area contributed by atoms with Gasteiger partial charge in [0.2, 0.25) is 0 Å². The molecule has 3 heterocycles. The van der Waals surface area contributed by atoms with E-state index in [4.69, 9.17) is 0 Å². The van der Waals surface area contributed by atoms with Crippen LogP contribution in [0.4, 0.5) is 10.5 Å². The average Bonchev–Trinajstić information content (AvgIpc) is 2.98. The summed E-state index contributed by atoms with van der Waals surface area (Å²) in [7, 11) is 3.99. The maximum absolute atomic E-state index is 12.5. The molecule has 132 valence electrons. The molecule has 2 atom stereocenters. The summed E-state index contributed by atoms with van der Waals surface area (Å²) in [6, 6.07) is 6.12. The number of amides is 2. The van der Waals surface area contributed by atoms with Gasteiger partial charge < -0.3 is 10.2 Å². The van der Waals surface area contributed by atoms with Gasteiger partial charge in [0, 0.05) is 50.1 Å². The van der Waals surface area contributed by atoms with Crippen LogP contribution >= 0.6 is 0 Å². The molecule has 3 rings (SSSR count). The Morgan fingerprint density at radius 3 is 2.84 bits per heavy atom. The van der Waals surface area contributed by atoms with Gasteiger partial charge in [0.25, 0.3) is 0 Å². The topological polar surface area (TPSA) is 61.4 Å². The zero-order valence-corrected chi connectivity index (χ0v) is 15.0. The second-order valence-electron chi connectivity index (χ2n) is 6.76. The van der Waals surface area contributed by atoms with Gasteiger partial charge in [-0.1, -0.05) is 6.07 Å². The Kier molecular flexibility index (Phi) is 5.28. The molecular weight excluding hydrogens is 314 g/mol. The molecule has 0 unspecified atom stereocenters. The minimum atomic E-state index is -0.0891. The standard InChI is InChI=1S/C19H25N5O/c1-14-11-21-9-6-17(14)22-19(25)24(3)13-16-7-10-23(2)18(16)15-5-4-8-20-12-15/h4-6,8-9,11-12,16,18H,7,10,13H2,1-3H3,(H,21,22,25)/t16-,18-/m0/s1. The number of anilines is 1. The van der Waals surface area contributed by atoms with Gasteiger partial charge in [0.15, 0.2) is 0 Å². The predicted molar refractivity (Wildman–Crippen MR) is 98.3 cm³/mol. The quantitative estimate of drug-likeness (QED) is 0.930. The van der Waals surface area contributed by atoms with Gasteiger partial charge in [-0.25, -0.2) is 4.79 Å². The number of hydrogen-bond acceptors (Lipinski definition) is 4. The van der Waals surface area contributed by atoms with Crippen LogP contribution in [0.3, 0.4) is 0 Å². The number of aryl methyl sites for hydroxylation is 1. The molecule has 1 aliphatic heterocycles. The number of rotatable bonds is 4. The number of nitrogens with one attached hydrogen (secondary N) is 1. The summed E-state index contributed by atoms with van der Waals surface area (Å²) in [5.41, 5.74) is 2.98. The number of nitrogens with zero attached hydrogens (tertiary/aromatic N) is 4. The summed E-state index contributed by atoms with van der Waals surface area (Å²) in [5.74, 6) is 0.392. The lowest BCUT2D eigenvalue weighted by atomic mass is 9.94. The molecule has 1 fully saturated rings. The van der Waals surface area contributed by atoms with Crippen molar-refractivity contribution < 1.29 is 4.79 Å². The Bertz CT molecular complexity index is 721. The van der Waals surface area contributed by atoms with Crippen molar-refractivity contribution in [2.75, 3.05) is 32.5 Å². The summed E-state index contributed by atoms with van der Waals surface area (Å²) in [6.45, 7) is 3.68. The van der Waals surface area contributed by atoms with Crippen LogP contribution in [0.2, 0.25) is 0 Å². The fourth-order valence-electron chi connectivity index (χ4n) is 3.55. The maximum atomic E-state index is 12.5. The minimum Gasteiger partial charge on any atom is -0.327 e. The molecule has 0 bridgehead atoms. The number of carbonyl (C=O) groups excluding carboxylic acids is 1. The third-order valence-electron chi connectivity index (χ3n) is 4.92. The van der Waals surface area contributed by atoms with Crippen molar-refractivity contribution >= 4 is 11.7 Å². The van der Waals surface area contributed by atoms with Gasteiger partial charge in [-0.2, -0.15) is 0 Å². The van der Waals surface area contributed by atoms with E-state index in [1.54, 1.807) is 23.5 Å². The van der Waals surface area contributed by atoms with E-state index in [2.05, 4.69) is 33.3 Å². The van der Waals surface area contributed by atoms with Crippen molar-refractivity contribution in [3.8, 4) is 0 Å². The van der Waals surface area contributed by atoms with Gasteiger partial charge in [-0.05, 0) is 56.1 Å². The van der Waals surface area contributed by atoms with Gasteiger partial charge in [0.05, 0.1) is 0 Å². The van der Waals surface area contributed by atoms with Gasteiger partial charge >= 0.3 is 6.03 Å². The van der Waals surface area contributed by atoms with Gasteiger partial charge in [-0.3, -0.25) is 14.9 Å². The van der Waals surface area contributed by atoms with Crippen molar-refractivity contribution in [2.45, 2.75) is 19.4 Å². The van der Waals surface area contributed by atoms with Gasteiger partial charge in [0.1, 0.15) is 0 Å². The van der Waals surface area contributed by atoms with Crippen LogP contribution in [0, 0.1) is 12.8 Å². The molecule has 1 saturated heterocycles. The number of likely N-dealkylation sites (tertiary alicyclic amines) is 1. The van der Waals surface area contributed by atoms with Crippen molar-refractivity contribution in [3.05, 3.63) is 54.1 Å². The molecule has 6 nitrogen and oxygen atoms in total. The normalized spacial score (nSPS) is 20.4. The number of pyridine rings is 2. The first-order chi connectivity index (χ1) is 12.1. The molecule has 1 N–H and O–H groups in total. The van der Waals surface area contributed by atoms with Crippen LogP contribution in [0.5, 0.6) is 0 Å². The highest BCUT2D eigenvalue weighted by Gasteiger charge is 2.34. The largest absolute Gasteiger partial charge is 0.327 e. The second-order valence-corrected chi connectivity index (χ2v) is 6.76. The first kappa shape index (κ1) is 17.4. The lowest BCUT2D eigenvalue weighted by molar-refractivity contribution is 0.201. The summed E-state index contributed by atoms with van der Waals surface area (Å²) in [4.78, 5) is 25.0. The van der Waals surface area contributed by atoms with Crippen molar-refractivity contribution in [1.82, 2.24) is 19.8 Å². The number of urea groups is 1. The average molecular weight is 339 g/mol. The molecule has 2 aromatic rings. The molecule has 0 spiro atoms. The fraction of sp³-hybridized carbons (Fsp3) is 0.421. The number of hydrogen-bond donors (Lipinski definition) is 1. The second kappa shape index (κ2) is 7.61. The Hall–Kier alpha value is -2.47. The first-order valence-electron chi connectivity index (χ1n) is 8.59. The Balaban J connectivity index is 1.66. The Morgan fingerprint density at radius 2 is 2.12 bits per heavy atom. The van der Waals surface area contributed by atoms with Crippen LogP contribution in [0.25, 0.3) is 0 Å². The van der Waals surface area contributed by atoms with E-state index in [0.29, 0.717) is 18.5 Å². The zero-order valence-electron chi connectivity index (χ0n) is 15.0. The van der Waals surface area contributed by atoms with Crippen molar-refractivity contribution in [1.29, 1.82) is 0 Å². The smallest absolute Gasteiger partial charge is 0.321 e. The minimum absolute atomic E-state index is 0.0891. The highest BCUT2D eigenvalue weighted by atomic mass is 16.2. The number of aromatic nitrogens is 2. The molecular formula is C19H25N5O. The monoisotopic (exact) mass is 339 g/mol. The van der Waals surface area contributed by atoms with E-state index in [1.165, 1.54) is 5.56 Å². The molecule has 0 saturated carbocycles. The summed E-state index contributed by atoms with van der Waals surface area (Å²) in [5, 5.41) is 2.97. The molecule has 6 heteroatoms. The highest BCUT2D eigenvalue weighted by molar-refractivity contribution is 5.89. The van der Waals surface area contributed by atoms with Crippen LogP contribution in [0.1, 0.15) is 23.6 Å². The van der Waals surface area contributed by atoms with E-state index in [9.17, 15) is 4.79 Å². The molecule has 1 aliphatic rings. The molecule has 2 amide bonds. The van der Waals surface area contributed by atoms with Crippen LogP contribution in [-0.2, 0) is 0 Å². The van der Waals surface area contributed by atoms with E-state index < -0.39 is 0 Å². The fourth-order valence-corrected chi connectivity index (χ4v) is 3.55. The highest BCUT2D eigenvalue weighted by Crippen LogP contribution is 2.36. The SMILES string of the molecule is Cc1cnccc1NC(=O)N(C)C[C@@H]1CCN(C)[C@H]1c1cccnc1. The van der Waals surface area contributed by atoms with E-state index >= 15 is 0 Å². The molecule has 2 aromatic heterocycles. The predicted octanol–water partition coefficient (Wildman–Crippen LogP) is 2.94. The lowest BCUT2D eigenvalue weighted by Crippen LogP contribution is -2.37. The third-order valence-corrected chi connectivity index (χ3v) is 4.92. The van der Waals surface area contributed by atoms with Crippen LogP contribution < -0.4 is 5.32 Å². The van der Waals surface area contributed by atoms with Crippen molar-refractivity contribution in [2.24, 2.45) is 5.92 Å². The van der Waals surface area contributed by atoms with Crippen LogP contribution in [0.15, 0.2) is 43.0 Å². The number of carbonyl (C=O) groups is 1. The first-order valence-corrected chi connectivity index (χ1v) is 8.59. The van der Waals surface area contributed by atoms with Gasteiger partial charge in [-0.15, -0.1) is 0 Å². The molecule has 0 aliphatic carbocycles. The van der Waals surface area contributed by atoms with Crippen LogP contribution in [-0.4, -0.2) is 53.0 Å². The lowest BCUT2D eigenvalue weighted by Gasteiger charge is -2.28. The van der Waals surface area contributed by atoms with E-state index in [1.807, 2.05) is 32.3 Å². The molecule has 0 radical (unpaired) electrons. The van der Waals surface area contributed by atoms with E-state index in [-0.39, 0.29) is 6.03 Å². The summed E-state index contributed by atoms with van der Waals surface area (Å²) in [6.07, 6.45) is 8.24.